The summed E-state index contributed by atoms with van der Waals surface area (Å²) in [5, 5.41) is 0. The summed E-state index contributed by atoms with van der Waals surface area (Å²) in [6, 6.07) is 0. The van der Waals surface area contributed by atoms with Crippen molar-refractivity contribution in [2.45, 2.75) is 0 Å². The van der Waals surface area contributed by atoms with E-state index in [0.717, 1.165) is 0 Å². The van der Waals surface area contributed by atoms with E-state index < -0.39 is 10.4 Å². The van der Waals surface area contributed by atoms with Crippen LogP contribution in [0.2, 0.25) is 0 Å². The molecule has 48 valence electrons. The molecular formula is H2NNiO4S-. The van der Waals surface area contributed by atoms with Crippen molar-refractivity contribution in [1.29, 1.82) is 0 Å². The summed E-state index contributed by atoms with van der Waals surface area (Å²) in [7, 11) is -4.50. The first-order valence-electron chi connectivity index (χ1n) is 0.887. The van der Waals surface area contributed by atoms with Gasteiger partial charge in [0.1, 0.15) is 0 Å². The molecule has 0 aromatic rings. The van der Waals surface area contributed by atoms with Crippen LogP contribution in [0.3, 0.4) is 0 Å². The predicted octanol–water partition coefficient (Wildman–Crippen LogP) is -0.229. The maximum atomic E-state index is 9.15. The van der Waals surface area contributed by atoms with Crippen LogP contribution in [0, 0.1) is 0 Å². The second-order valence-corrected chi connectivity index (χ2v) is 1.53. The first-order valence-corrected chi connectivity index (χ1v) is 2.25. The molecule has 0 aliphatic carbocycles. The van der Waals surface area contributed by atoms with Crippen LogP contribution in [-0.2, 0) is 31.2 Å². The van der Waals surface area contributed by atoms with E-state index in [9.17, 15) is 0 Å². The van der Waals surface area contributed by atoms with E-state index in [1.165, 1.54) is 0 Å². The smallest absolute Gasteiger partial charge is 0.381 e. The van der Waals surface area contributed by atoms with E-state index in [2.05, 4.69) is 4.28 Å². The summed E-state index contributed by atoms with van der Waals surface area (Å²) in [6.45, 7) is 0. The molecule has 0 bridgehead atoms. The predicted molar refractivity (Wildman–Crippen MR) is 17.0 cm³/mol. The second kappa shape index (κ2) is 3.34. The molecule has 0 saturated carbocycles. The van der Waals surface area contributed by atoms with Gasteiger partial charge in [0.15, 0.2) is 0 Å². The quantitative estimate of drug-likeness (QED) is 0.335. The molecular weight excluding hydrogens is 169 g/mol. The van der Waals surface area contributed by atoms with Gasteiger partial charge in [0.25, 0.3) is 0 Å². The van der Waals surface area contributed by atoms with Crippen LogP contribution < -0.4 is 0 Å². The van der Waals surface area contributed by atoms with Crippen LogP contribution in [0.4, 0.5) is 0 Å². The first-order chi connectivity index (χ1) is 2.56. The molecule has 7 heavy (non-hydrogen) atoms. The normalized spacial score (nSPS) is 10.0. The molecule has 0 unspecified atom stereocenters. The van der Waals surface area contributed by atoms with Crippen molar-refractivity contribution in [1.82, 2.24) is 0 Å². The van der Waals surface area contributed by atoms with Gasteiger partial charge in [0.05, 0.1) is 0 Å². The van der Waals surface area contributed by atoms with Gasteiger partial charge in [-0.1, -0.05) is 0 Å². The monoisotopic (exact) mass is 170 g/mol. The molecule has 0 spiro atoms. The zero-order valence-electron chi connectivity index (χ0n) is 2.90. The molecule has 0 amide bonds. The Morgan fingerprint density at radius 1 is 1.57 bits per heavy atom. The zero-order valence-corrected chi connectivity index (χ0v) is 4.70. The SMILES string of the molecule is [NH-]OS(=O)(=O)O.[Ni]. The van der Waals surface area contributed by atoms with Crippen molar-refractivity contribution >= 4 is 10.4 Å². The van der Waals surface area contributed by atoms with Crippen LogP contribution in [0.15, 0.2) is 0 Å². The number of nitrogens with one attached hydrogen (secondary N) is 1. The Kier molecular flexibility index (Phi) is 4.93. The van der Waals surface area contributed by atoms with Gasteiger partial charge in [-0.25, -0.2) is 0 Å². The third-order valence-corrected chi connectivity index (χ3v) is 0.316. The van der Waals surface area contributed by atoms with Gasteiger partial charge >= 0.3 is 10.4 Å². The molecule has 0 heterocycles. The molecule has 2 N–H and O–H groups in total. The Labute approximate surface area is 50.7 Å². The van der Waals surface area contributed by atoms with Crippen molar-refractivity contribution in [3.05, 3.63) is 5.90 Å². The average molecular weight is 171 g/mol. The largest absolute Gasteiger partial charge is 0.530 e. The molecule has 0 aromatic heterocycles. The fourth-order valence-electron chi connectivity index (χ4n) is 0. The van der Waals surface area contributed by atoms with Crippen LogP contribution in [0.5, 0.6) is 0 Å². The van der Waals surface area contributed by atoms with Crippen LogP contribution in [-0.4, -0.2) is 13.0 Å². The van der Waals surface area contributed by atoms with Gasteiger partial charge in [-0.15, -0.1) is 0 Å². The van der Waals surface area contributed by atoms with Gasteiger partial charge in [-0.2, -0.15) is 8.42 Å². The van der Waals surface area contributed by atoms with E-state index in [0.29, 0.717) is 0 Å². The van der Waals surface area contributed by atoms with Crippen molar-refractivity contribution in [2.24, 2.45) is 0 Å². The number of hydrogen-bond acceptors (Lipinski definition) is 3. The minimum Gasteiger partial charge on any atom is -0.530 e. The summed E-state index contributed by atoms with van der Waals surface area (Å²) < 4.78 is 28.4. The zero-order chi connectivity index (χ0) is 5.21. The standard InChI is InChI=1S/H2NO4S.Ni/c1-5-6(2,3)4;/h1H,(H,2,3,4);/q-1;. The Morgan fingerprint density at radius 3 is 1.71 bits per heavy atom. The second-order valence-electron chi connectivity index (χ2n) is 0.511. The minimum atomic E-state index is -4.50. The maximum absolute atomic E-state index is 9.15. The molecule has 0 aliphatic heterocycles. The van der Waals surface area contributed by atoms with Crippen molar-refractivity contribution in [2.75, 3.05) is 0 Å². The van der Waals surface area contributed by atoms with Gasteiger partial charge in [-0.05, 0) is 0 Å². The third kappa shape index (κ3) is 10.7. The molecule has 0 fully saturated rings. The Balaban J connectivity index is 0. The molecule has 5 nitrogen and oxygen atoms in total. The Hall–Kier alpha value is 0.324. The molecule has 0 atom stereocenters. The fraction of sp³-hybridized carbons (Fsp3) is 0. The van der Waals surface area contributed by atoms with E-state index in [-0.39, 0.29) is 16.5 Å². The van der Waals surface area contributed by atoms with Crippen molar-refractivity contribution < 1.29 is 33.7 Å². The fourth-order valence-corrected chi connectivity index (χ4v) is 0. The van der Waals surface area contributed by atoms with Gasteiger partial charge in [0, 0.05) is 16.5 Å². The third-order valence-electron chi connectivity index (χ3n) is 0.105. The summed E-state index contributed by atoms with van der Waals surface area (Å²) in [5.74, 6) is 5.52. The maximum Gasteiger partial charge on any atom is 0.381 e. The average Bonchev–Trinajstić information content (AvgIpc) is 1.35. The first kappa shape index (κ1) is 10.3. The summed E-state index contributed by atoms with van der Waals surface area (Å²) >= 11 is 0. The van der Waals surface area contributed by atoms with Crippen LogP contribution >= 0.6 is 0 Å². The van der Waals surface area contributed by atoms with E-state index in [1.807, 2.05) is 0 Å². The number of hydrogen-bond donors (Lipinski definition) is 1. The van der Waals surface area contributed by atoms with E-state index in [1.54, 1.807) is 0 Å². The Bertz CT molecular complexity index is 114. The molecule has 0 radical (unpaired) electrons. The molecule has 0 saturated heterocycles. The topological polar surface area (TPSA) is 87.4 Å². The van der Waals surface area contributed by atoms with Crippen LogP contribution in [0.1, 0.15) is 0 Å². The van der Waals surface area contributed by atoms with Gasteiger partial charge in [0.2, 0.25) is 0 Å². The van der Waals surface area contributed by atoms with E-state index >= 15 is 0 Å². The molecule has 0 aliphatic rings. The van der Waals surface area contributed by atoms with Gasteiger partial charge in [-0.3, -0.25) is 4.55 Å². The summed E-state index contributed by atoms with van der Waals surface area (Å²) in [5.41, 5.74) is 0. The van der Waals surface area contributed by atoms with Crippen LogP contribution in [0.25, 0.3) is 5.90 Å². The summed E-state index contributed by atoms with van der Waals surface area (Å²) in [6.07, 6.45) is 0. The molecule has 7 heteroatoms. The minimum absolute atomic E-state index is 0. The molecule has 0 aromatic carbocycles. The van der Waals surface area contributed by atoms with Crippen molar-refractivity contribution in [3.63, 3.8) is 0 Å². The van der Waals surface area contributed by atoms with Gasteiger partial charge < -0.3 is 10.2 Å². The van der Waals surface area contributed by atoms with E-state index in [4.69, 9.17) is 18.9 Å². The number of rotatable bonds is 1. The van der Waals surface area contributed by atoms with Crippen molar-refractivity contribution in [3.8, 4) is 0 Å². The summed E-state index contributed by atoms with van der Waals surface area (Å²) in [4.78, 5) is 0. The Morgan fingerprint density at radius 2 is 1.71 bits per heavy atom. The molecule has 0 rings (SSSR count).